The summed E-state index contributed by atoms with van der Waals surface area (Å²) in [5.74, 6) is 0. The average molecular weight is 259 g/mol. The summed E-state index contributed by atoms with van der Waals surface area (Å²) >= 11 is 8.84. The highest BCUT2D eigenvalue weighted by Gasteiger charge is 2.09. The molecule has 0 saturated heterocycles. The fraction of sp³-hybridized carbons (Fsp3) is 0.143. The molecule has 0 amide bonds. The number of aryl methyl sites for hydroxylation is 1. The molecule has 3 aromatic rings. The molecule has 0 N–H and O–H groups in total. The first kappa shape index (κ1) is 11.1. The first-order chi connectivity index (χ1) is 8.20. The normalized spacial score (nSPS) is 11.5. The molecule has 3 heteroatoms. The Bertz CT molecular complexity index is 654. The van der Waals surface area contributed by atoms with Crippen LogP contribution in [0.2, 0.25) is 0 Å². The molecular formula is C14H13NS2. The molecule has 86 valence electrons. The molecule has 0 aliphatic rings. The molecule has 0 spiro atoms. The predicted octanol–water partition coefficient (Wildman–Crippen LogP) is 4.39. The van der Waals surface area contributed by atoms with E-state index in [1.54, 1.807) is 0 Å². The average Bonchev–Trinajstić information content (AvgIpc) is 2.62. The first-order valence-electron chi connectivity index (χ1n) is 5.64. The lowest BCUT2D eigenvalue weighted by Crippen LogP contribution is -1.92. The second kappa shape index (κ2) is 4.00. The molecule has 17 heavy (non-hydrogen) atoms. The van der Waals surface area contributed by atoms with Crippen molar-refractivity contribution in [2.24, 2.45) is 0 Å². The summed E-state index contributed by atoms with van der Waals surface area (Å²) in [6, 6.07) is 12.6. The maximum Gasteiger partial charge on any atom is 0.0492 e. The highest BCUT2D eigenvalue weighted by molar-refractivity contribution is 7.80. The fourth-order valence-electron chi connectivity index (χ4n) is 2.42. The van der Waals surface area contributed by atoms with Gasteiger partial charge in [-0.05, 0) is 43.3 Å². The van der Waals surface area contributed by atoms with Crippen molar-refractivity contribution in [1.29, 1.82) is 0 Å². The second-order valence-electron chi connectivity index (χ2n) is 4.15. The Balaban J connectivity index is 2.57. The van der Waals surface area contributed by atoms with Crippen molar-refractivity contribution < 1.29 is 0 Å². The van der Waals surface area contributed by atoms with Gasteiger partial charge in [0, 0.05) is 38.1 Å². The SMILES string of the molecule is CCn1c2ccc(S)cc2c2cc(S)ccc21. The zero-order valence-corrected chi connectivity index (χ0v) is 11.3. The Morgan fingerprint density at radius 2 is 1.35 bits per heavy atom. The Kier molecular flexibility index (Phi) is 2.60. The van der Waals surface area contributed by atoms with Crippen LogP contribution in [0.4, 0.5) is 0 Å². The van der Waals surface area contributed by atoms with E-state index in [0.29, 0.717) is 0 Å². The fourth-order valence-corrected chi connectivity index (χ4v) is 2.83. The molecule has 1 aromatic heterocycles. The molecule has 0 fully saturated rings. The summed E-state index contributed by atoms with van der Waals surface area (Å²) in [7, 11) is 0. The zero-order valence-electron chi connectivity index (χ0n) is 9.51. The van der Waals surface area contributed by atoms with Crippen LogP contribution in [0.5, 0.6) is 0 Å². The summed E-state index contributed by atoms with van der Waals surface area (Å²) in [6.45, 7) is 3.14. The summed E-state index contributed by atoms with van der Waals surface area (Å²) in [4.78, 5) is 1.99. The molecule has 0 aliphatic heterocycles. The molecule has 0 atom stereocenters. The Hall–Kier alpha value is -1.06. The highest BCUT2D eigenvalue weighted by Crippen LogP contribution is 2.31. The van der Waals surface area contributed by atoms with Crippen LogP contribution in [0.25, 0.3) is 21.8 Å². The lowest BCUT2D eigenvalue weighted by atomic mass is 10.1. The third-order valence-electron chi connectivity index (χ3n) is 3.15. The van der Waals surface area contributed by atoms with Crippen LogP contribution in [-0.2, 0) is 6.54 Å². The summed E-state index contributed by atoms with van der Waals surface area (Å²) in [5.41, 5.74) is 2.53. The van der Waals surface area contributed by atoms with Gasteiger partial charge in [-0.25, -0.2) is 0 Å². The topological polar surface area (TPSA) is 4.93 Å². The van der Waals surface area contributed by atoms with Gasteiger partial charge in [-0.2, -0.15) is 0 Å². The molecule has 1 heterocycles. The van der Waals surface area contributed by atoms with Crippen LogP contribution in [0.3, 0.4) is 0 Å². The van der Waals surface area contributed by atoms with Gasteiger partial charge < -0.3 is 4.57 Å². The van der Waals surface area contributed by atoms with E-state index in [9.17, 15) is 0 Å². The van der Waals surface area contributed by atoms with Gasteiger partial charge in [0.1, 0.15) is 0 Å². The van der Waals surface area contributed by atoms with Crippen molar-refractivity contribution in [2.45, 2.75) is 23.3 Å². The number of rotatable bonds is 1. The van der Waals surface area contributed by atoms with Gasteiger partial charge in [-0.15, -0.1) is 25.3 Å². The lowest BCUT2D eigenvalue weighted by molar-refractivity contribution is 0.827. The summed E-state index contributed by atoms with van der Waals surface area (Å²) < 4.78 is 2.32. The largest absolute Gasteiger partial charge is 0.341 e. The molecule has 2 aromatic carbocycles. The van der Waals surface area contributed by atoms with Gasteiger partial charge in [0.05, 0.1) is 0 Å². The van der Waals surface area contributed by atoms with Crippen LogP contribution in [-0.4, -0.2) is 4.57 Å². The predicted molar refractivity (Wildman–Crippen MR) is 79.6 cm³/mol. The van der Waals surface area contributed by atoms with E-state index < -0.39 is 0 Å². The van der Waals surface area contributed by atoms with E-state index in [-0.39, 0.29) is 0 Å². The van der Waals surface area contributed by atoms with E-state index in [4.69, 9.17) is 0 Å². The molecule has 1 nitrogen and oxygen atoms in total. The molecule has 0 bridgehead atoms. The standard InChI is InChI=1S/C14H13NS2/c1-2-15-13-5-3-9(16)7-11(13)12-8-10(17)4-6-14(12)15/h3-8,16-17H,2H2,1H3. The van der Waals surface area contributed by atoms with Crippen LogP contribution < -0.4 is 0 Å². The first-order valence-corrected chi connectivity index (χ1v) is 6.54. The Labute approximate surface area is 111 Å². The molecular weight excluding hydrogens is 246 g/mol. The maximum atomic E-state index is 4.42. The zero-order chi connectivity index (χ0) is 12.0. The quantitative estimate of drug-likeness (QED) is 0.598. The van der Waals surface area contributed by atoms with Crippen LogP contribution in [0, 0.1) is 0 Å². The van der Waals surface area contributed by atoms with E-state index in [1.807, 2.05) is 12.1 Å². The van der Waals surface area contributed by atoms with Gasteiger partial charge >= 0.3 is 0 Å². The molecule has 3 rings (SSSR count). The van der Waals surface area contributed by atoms with E-state index in [2.05, 4.69) is 61.0 Å². The van der Waals surface area contributed by atoms with Gasteiger partial charge in [0.2, 0.25) is 0 Å². The van der Waals surface area contributed by atoms with Crippen LogP contribution in [0.1, 0.15) is 6.92 Å². The maximum absolute atomic E-state index is 4.42. The third-order valence-corrected chi connectivity index (χ3v) is 3.70. The minimum Gasteiger partial charge on any atom is -0.341 e. The lowest BCUT2D eigenvalue weighted by Gasteiger charge is -2.02. The molecule has 0 aliphatic carbocycles. The van der Waals surface area contributed by atoms with Gasteiger partial charge in [-0.3, -0.25) is 0 Å². The van der Waals surface area contributed by atoms with Gasteiger partial charge in [0.25, 0.3) is 0 Å². The van der Waals surface area contributed by atoms with E-state index >= 15 is 0 Å². The molecule has 0 radical (unpaired) electrons. The van der Waals surface area contributed by atoms with E-state index in [0.717, 1.165) is 16.3 Å². The van der Waals surface area contributed by atoms with Gasteiger partial charge in [0.15, 0.2) is 0 Å². The number of nitrogens with zero attached hydrogens (tertiary/aromatic N) is 1. The highest BCUT2D eigenvalue weighted by atomic mass is 32.1. The Morgan fingerprint density at radius 3 is 1.76 bits per heavy atom. The summed E-state index contributed by atoms with van der Waals surface area (Å²) in [6.07, 6.45) is 0. The summed E-state index contributed by atoms with van der Waals surface area (Å²) in [5, 5.41) is 2.51. The van der Waals surface area contributed by atoms with E-state index in [1.165, 1.54) is 21.8 Å². The number of aromatic nitrogens is 1. The van der Waals surface area contributed by atoms with Crippen molar-refractivity contribution >= 4 is 47.1 Å². The number of benzene rings is 2. The number of fused-ring (bicyclic) bond motifs is 3. The van der Waals surface area contributed by atoms with Gasteiger partial charge in [-0.1, -0.05) is 0 Å². The molecule has 0 unspecified atom stereocenters. The van der Waals surface area contributed by atoms with Crippen molar-refractivity contribution in [1.82, 2.24) is 4.57 Å². The number of hydrogen-bond donors (Lipinski definition) is 2. The van der Waals surface area contributed by atoms with Crippen molar-refractivity contribution in [3.63, 3.8) is 0 Å². The monoisotopic (exact) mass is 259 g/mol. The van der Waals surface area contributed by atoms with Crippen LogP contribution in [0.15, 0.2) is 46.2 Å². The van der Waals surface area contributed by atoms with Crippen molar-refractivity contribution in [3.8, 4) is 0 Å². The van der Waals surface area contributed by atoms with Crippen molar-refractivity contribution in [2.75, 3.05) is 0 Å². The minimum absolute atomic E-state index is 0.970. The minimum atomic E-state index is 0.970. The molecule has 0 saturated carbocycles. The Morgan fingerprint density at radius 1 is 0.882 bits per heavy atom. The number of hydrogen-bond acceptors (Lipinski definition) is 2. The van der Waals surface area contributed by atoms with Crippen LogP contribution >= 0.6 is 25.3 Å². The number of thiol groups is 2. The van der Waals surface area contributed by atoms with Crippen molar-refractivity contribution in [3.05, 3.63) is 36.4 Å². The smallest absolute Gasteiger partial charge is 0.0492 e. The third kappa shape index (κ3) is 1.65. The second-order valence-corrected chi connectivity index (χ2v) is 5.18.